The van der Waals surface area contributed by atoms with E-state index in [2.05, 4.69) is 34.6 Å². The lowest BCUT2D eigenvalue weighted by Crippen LogP contribution is -2.61. The van der Waals surface area contributed by atoms with Crippen molar-refractivity contribution in [3.05, 3.63) is 11.3 Å². The first kappa shape index (κ1) is 34.2. The Balaban J connectivity index is 1.15. The molecule has 0 radical (unpaired) electrons. The van der Waals surface area contributed by atoms with Crippen molar-refractivity contribution < 1.29 is 49.3 Å². The van der Waals surface area contributed by atoms with Crippen LogP contribution in [0.3, 0.4) is 0 Å². The molecule has 7 rings (SSSR count). The fourth-order valence-electron chi connectivity index (χ4n) is 13.0. The van der Waals surface area contributed by atoms with Crippen LogP contribution in [0.25, 0.3) is 0 Å². The normalized spacial score (nSPS) is 52.2. The molecule has 1 unspecified atom stereocenters. The summed E-state index contributed by atoms with van der Waals surface area (Å²) in [6.45, 7) is 16.0. The Morgan fingerprint density at radius 2 is 1.62 bits per heavy atom. The van der Waals surface area contributed by atoms with Crippen LogP contribution in [-0.2, 0) is 23.7 Å². The third-order valence-electron chi connectivity index (χ3n) is 15.3. The van der Waals surface area contributed by atoms with E-state index in [4.69, 9.17) is 18.9 Å². The lowest BCUT2D eigenvalue weighted by atomic mass is 9.41. The van der Waals surface area contributed by atoms with Gasteiger partial charge < -0.3 is 44.5 Å². The summed E-state index contributed by atoms with van der Waals surface area (Å²) in [7, 11) is 0. The monoisotopic (exact) mass is 662 g/mol. The van der Waals surface area contributed by atoms with Crippen molar-refractivity contribution in [1.82, 2.24) is 0 Å². The summed E-state index contributed by atoms with van der Waals surface area (Å²) >= 11 is 0. The van der Waals surface area contributed by atoms with Gasteiger partial charge in [0.05, 0.1) is 18.3 Å². The lowest BCUT2D eigenvalue weighted by Gasteiger charge is -2.63. The van der Waals surface area contributed by atoms with Gasteiger partial charge in [-0.25, -0.2) is 0 Å². The number of aliphatic hydroxyl groups is 5. The molecule has 15 atom stereocenters. The van der Waals surface area contributed by atoms with Crippen LogP contribution < -0.4 is 0 Å². The number of allylic oxidation sites excluding steroid dienone is 1. The maximum absolute atomic E-state index is 12.5. The van der Waals surface area contributed by atoms with E-state index in [-0.39, 0.29) is 40.3 Å². The Bertz CT molecular complexity index is 1320. The molecule has 5 N–H and O–H groups in total. The Morgan fingerprint density at radius 1 is 0.957 bits per heavy atom. The Labute approximate surface area is 279 Å². The van der Waals surface area contributed by atoms with Crippen molar-refractivity contribution in [3.63, 3.8) is 0 Å². The zero-order valence-corrected chi connectivity index (χ0v) is 29.5. The first-order valence-corrected chi connectivity index (χ1v) is 18.1. The molecule has 7 aliphatic rings. The first-order valence-electron chi connectivity index (χ1n) is 18.1. The quantitative estimate of drug-likeness (QED) is 0.218. The predicted molar refractivity (Wildman–Crippen MR) is 170 cm³/mol. The molecule has 4 saturated carbocycles. The Hall–Kier alpha value is -1.27. The molecule has 10 nitrogen and oxygen atoms in total. The highest BCUT2D eigenvalue weighted by molar-refractivity contribution is 5.66. The second kappa shape index (κ2) is 10.6. The molecule has 10 heteroatoms. The average Bonchev–Trinajstić information content (AvgIpc) is 3.61. The number of fused-ring (bicyclic) bond motifs is 3. The molecule has 0 aromatic carbocycles. The number of carbonyl (C=O) groups excluding carboxylic acids is 1. The van der Waals surface area contributed by atoms with Crippen LogP contribution in [0.1, 0.15) is 107 Å². The van der Waals surface area contributed by atoms with Crippen molar-refractivity contribution in [3.8, 4) is 0 Å². The maximum atomic E-state index is 12.5. The molecule has 5 aliphatic carbocycles. The van der Waals surface area contributed by atoms with Crippen LogP contribution >= 0.6 is 0 Å². The summed E-state index contributed by atoms with van der Waals surface area (Å²) in [5.41, 5.74) is -0.669. The highest BCUT2D eigenvalue weighted by Crippen LogP contribution is 2.89. The van der Waals surface area contributed by atoms with E-state index in [1.165, 1.54) is 12.5 Å². The van der Waals surface area contributed by atoms with Gasteiger partial charge in [-0.1, -0.05) is 34.6 Å². The van der Waals surface area contributed by atoms with Crippen LogP contribution in [0.2, 0.25) is 0 Å². The highest BCUT2D eigenvalue weighted by atomic mass is 16.7. The van der Waals surface area contributed by atoms with Gasteiger partial charge in [0.15, 0.2) is 12.4 Å². The summed E-state index contributed by atoms with van der Waals surface area (Å²) in [4.78, 5) is 12.0. The molecule has 0 amide bonds. The van der Waals surface area contributed by atoms with Gasteiger partial charge in [0, 0.05) is 17.8 Å². The fraction of sp³-hybridized carbons (Fsp3) is 0.919. The van der Waals surface area contributed by atoms with Gasteiger partial charge in [-0.2, -0.15) is 0 Å². The minimum absolute atomic E-state index is 0.0723. The summed E-state index contributed by atoms with van der Waals surface area (Å²) in [6.07, 6.45) is 0.627. The molecule has 1 saturated heterocycles. The second-order valence-corrected chi connectivity index (χ2v) is 18.2. The molecular weight excluding hydrogens is 604 g/mol. The zero-order valence-electron chi connectivity index (χ0n) is 29.5. The standard InChI is InChI=1S/C37H58O10/c1-18-15-21(30(33(5,6)43)45-19(2)38)46-28-25(18)34(7)13-14-37-17-36(37)12-11-24(47-31-27(41)26(40)20(39)16-44-31)32(3,4)22(36)9-10-23(37)35(34,8)29(28)42/h18,20-24,26-27,29-31,39-43H,9-17H2,1-8H3/t18-,20-,21-,22+,23+,24+,26+,27-,29+,30+,31+,34-,35-,36-,37?/m1/s1. The van der Waals surface area contributed by atoms with Crippen LogP contribution in [-0.4, -0.2) is 92.7 Å². The smallest absolute Gasteiger partial charge is 0.303 e. The molecule has 2 heterocycles. The van der Waals surface area contributed by atoms with Crippen molar-refractivity contribution in [2.45, 2.75) is 161 Å². The predicted octanol–water partition coefficient (Wildman–Crippen LogP) is 3.60. The third-order valence-corrected chi connectivity index (χ3v) is 15.3. The van der Waals surface area contributed by atoms with Crippen LogP contribution in [0.15, 0.2) is 11.3 Å². The fourth-order valence-corrected chi connectivity index (χ4v) is 13.0. The van der Waals surface area contributed by atoms with Crippen molar-refractivity contribution in [1.29, 1.82) is 0 Å². The van der Waals surface area contributed by atoms with Crippen molar-refractivity contribution in [2.24, 2.45) is 44.8 Å². The SMILES string of the molecule is CC(=O)O[C@@H]([C@H]1C[C@@H](C)C2=C(O1)[C@H](O)[C@@]1(C)[C@@H]3CC[C@H]4C(C)(C)[C@@H](O[C@@H]5OC[C@@H](O)[C@H](O)[C@H]5O)CC[C@@]45CC35CC[C@]21C)C(C)(C)O. The number of carbonyl (C=O) groups is 1. The highest BCUT2D eigenvalue weighted by Gasteiger charge is 2.83. The van der Waals surface area contributed by atoms with Crippen LogP contribution in [0, 0.1) is 44.8 Å². The van der Waals surface area contributed by atoms with Crippen molar-refractivity contribution >= 4 is 5.97 Å². The van der Waals surface area contributed by atoms with Crippen molar-refractivity contribution in [2.75, 3.05) is 6.61 Å². The van der Waals surface area contributed by atoms with E-state index in [9.17, 15) is 30.3 Å². The Morgan fingerprint density at radius 3 is 2.28 bits per heavy atom. The molecule has 2 aliphatic heterocycles. The largest absolute Gasteiger partial charge is 0.488 e. The molecular formula is C37H58O10. The zero-order chi connectivity index (χ0) is 34.3. The first-order chi connectivity index (χ1) is 21.8. The van der Waals surface area contributed by atoms with Gasteiger partial charge in [-0.3, -0.25) is 4.79 Å². The number of hydrogen-bond donors (Lipinski definition) is 5. The van der Waals surface area contributed by atoms with Gasteiger partial charge in [-0.15, -0.1) is 0 Å². The third kappa shape index (κ3) is 4.43. The number of rotatable bonds is 5. The van der Waals surface area contributed by atoms with E-state index in [0.717, 1.165) is 44.9 Å². The molecule has 2 spiro atoms. The second-order valence-electron chi connectivity index (χ2n) is 18.2. The molecule has 0 aromatic rings. The number of aliphatic hydroxyl groups excluding tert-OH is 4. The van der Waals surface area contributed by atoms with Gasteiger partial charge in [0.25, 0.3) is 0 Å². The molecule has 5 fully saturated rings. The van der Waals surface area contributed by atoms with Gasteiger partial charge >= 0.3 is 5.97 Å². The van der Waals surface area contributed by atoms with Crippen LogP contribution in [0.5, 0.6) is 0 Å². The van der Waals surface area contributed by atoms with E-state index in [1.54, 1.807) is 13.8 Å². The van der Waals surface area contributed by atoms with Crippen LogP contribution in [0.4, 0.5) is 0 Å². The minimum Gasteiger partial charge on any atom is -0.488 e. The summed E-state index contributed by atoms with van der Waals surface area (Å²) in [6, 6.07) is 0. The number of esters is 1. The summed E-state index contributed by atoms with van der Waals surface area (Å²) in [5.74, 6) is 1.00. The Kier molecular flexibility index (Phi) is 7.73. The molecule has 266 valence electrons. The van der Waals surface area contributed by atoms with E-state index in [0.29, 0.717) is 24.0 Å². The summed E-state index contributed by atoms with van der Waals surface area (Å²) < 4.78 is 24.4. The van der Waals surface area contributed by atoms with E-state index >= 15 is 0 Å². The van der Waals surface area contributed by atoms with Gasteiger partial charge in [0.1, 0.15) is 36.3 Å². The van der Waals surface area contributed by atoms with Gasteiger partial charge in [0.2, 0.25) is 0 Å². The van der Waals surface area contributed by atoms with Gasteiger partial charge in [-0.05, 0) is 105 Å². The number of hydrogen-bond acceptors (Lipinski definition) is 10. The minimum atomic E-state index is -1.31. The molecule has 0 bridgehead atoms. The number of ether oxygens (including phenoxy) is 4. The van der Waals surface area contributed by atoms with E-state index in [1.807, 2.05) is 0 Å². The molecule has 47 heavy (non-hydrogen) atoms. The summed E-state index contributed by atoms with van der Waals surface area (Å²) in [5, 5.41) is 54.3. The van der Waals surface area contributed by atoms with E-state index < -0.39 is 59.9 Å². The topological polar surface area (TPSA) is 155 Å². The average molecular weight is 663 g/mol. The lowest BCUT2D eigenvalue weighted by molar-refractivity contribution is -0.303. The maximum Gasteiger partial charge on any atom is 0.303 e. The molecule has 0 aromatic heterocycles.